The minimum Gasteiger partial charge on any atom is -0.326 e. The van der Waals surface area contributed by atoms with E-state index < -0.39 is 0 Å². The van der Waals surface area contributed by atoms with Gasteiger partial charge in [-0.05, 0) is 33.6 Å². The molecule has 0 saturated heterocycles. The number of hydrogen-bond donors (Lipinski definition) is 1. The Hall–Kier alpha value is -1.13. The fourth-order valence-electron chi connectivity index (χ4n) is 1.23. The quantitative estimate of drug-likeness (QED) is 0.889. The predicted molar refractivity (Wildman–Crippen MR) is 59.2 cm³/mol. The Morgan fingerprint density at radius 2 is 2.00 bits per heavy atom. The van der Waals surface area contributed by atoms with Crippen LogP contribution in [0.1, 0.15) is 5.56 Å². The average molecular weight is 252 g/mol. The van der Waals surface area contributed by atoms with E-state index in [-0.39, 0.29) is 0 Å². The highest BCUT2D eigenvalue weighted by Crippen LogP contribution is 2.12. The van der Waals surface area contributed by atoms with Gasteiger partial charge in [-0.15, -0.1) is 0 Å². The molecule has 72 valence electrons. The van der Waals surface area contributed by atoms with Crippen LogP contribution >= 0.6 is 15.9 Å². The Bertz CT molecular complexity index is 419. The van der Waals surface area contributed by atoms with E-state index in [9.17, 15) is 0 Å². The van der Waals surface area contributed by atoms with Gasteiger partial charge in [0.2, 0.25) is 0 Å². The molecule has 0 unspecified atom stereocenters. The molecule has 0 aliphatic rings. The van der Waals surface area contributed by atoms with Crippen molar-refractivity contribution < 1.29 is 0 Å². The summed E-state index contributed by atoms with van der Waals surface area (Å²) in [7, 11) is 0. The summed E-state index contributed by atoms with van der Waals surface area (Å²) >= 11 is 3.35. The van der Waals surface area contributed by atoms with Gasteiger partial charge in [0.15, 0.2) is 0 Å². The fourth-order valence-corrected chi connectivity index (χ4v) is 1.51. The van der Waals surface area contributed by atoms with Crippen LogP contribution in [0.15, 0.2) is 41.1 Å². The third-order valence-electron chi connectivity index (χ3n) is 1.99. The lowest BCUT2D eigenvalue weighted by atomic mass is 10.2. The highest BCUT2D eigenvalue weighted by Gasteiger charge is 1.98. The second-order valence-corrected chi connectivity index (χ2v) is 3.89. The number of hydrogen-bond acceptors (Lipinski definition) is 2. The first-order valence-corrected chi connectivity index (χ1v) is 5.08. The van der Waals surface area contributed by atoms with E-state index in [4.69, 9.17) is 5.73 Å². The largest absolute Gasteiger partial charge is 0.326 e. The van der Waals surface area contributed by atoms with Crippen LogP contribution in [0.25, 0.3) is 5.69 Å². The van der Waals surface area contributed by atoms with Crippen LogP contribution in [0.5, 0.6) is 0 Å². The first kappa shape index (κ1) is 9.43. The lowest BCUT2D eigenvalue weighted by Crippen LogP contribution is -1.98. The van der Waals surface area contributed by atoms with Crippen LogP contribution in [-0.4, -0.2) is 9.78 Å². The zero-order valence-electron chi connectivity index (χ0n) is 7.52. The number of benzene rings is 1. The number of nitrogens with two attached hydrogens (primary N) is 1. The van der Waals surface area contributed by atoms with Crippen molar-refractivity contribution in [3.05, 3.63) is 46.7 Å². The van der Waals surface area contributed by atoms with E-state index in [0.29, 0.717) is 6.54 Å². The van der Waals surface area contributed by atoms with Crippen molar-refractivity contribution in [2.45, 2.75) is 6.54 Å². The first-order chi connectivity index (χ1) is 6.79. The molecule has 0 atom stereocenters. The fraction of sp³-hybridized carbons (Fsp3) is 0.100. The van der Waals surface area contributed by atoms with Gasteiger partial charge in [-0.2, -0.15) is 5.10 Å². The summed E-state index contributed by atoms with van der Waals surface area (Å²) < 4.78 is 2.78. The van der Waals surface area contributed by atoms with Gasteiger partial charge in [0.1, 0.15) is 0 Å². The van der Waals surface area contributed by atoms with Gasteiger partial charge in [-0.1, -0.05) is 12.1 Å². The Labute approximate surface area is 90.7 Å². The van der Waals surface area contributed by atoms with Crippen molar-refractivity contribution in [2.75, 3.05) is 0 Å². The molecule has 2 rings (SSSR count). The van der Waals surface area contributed by atoms with E-state index in [0.717, 1.165) is 15.7 Å². The Morgan fingerprint density at radius 3 is 2.50 bits per heavy atom. The van der Waals surface area contributed by atoms with Crippen LogP contribution in [0.3, 0.4) is 0 Å². The SMILES string of the molecule is NCc1ccc(-n2cc(Br)cn2)cc1. The molecule has 0 bridgehead atoms. The minimum atomic E-state index is 0.573. The van der Waals surface area contributed by atoms with Gasteiger partial charge < -0.3 is 5.73 Å². The molecule has 1 aromatic heterocycles. The van der Waals surface area contributed by atoms with Gasteiger partial charge in [-0.3, -0.25) is 0 Å². The van der Waals surface area contributed by atoms with E-state index >= 15 is 0 Å². The molecule has 14 heavy (non-hydrogen) atoms. The molecule has 4 heteroatoms. The maximum atomic E-state index is 5.51. The third kappa shape index (κ3) is 1.86. The lowest BCUT2D eigenvalue weighted by molar-refractivity contribution is 0.878. The third-order valence-corrected chi connectivity index (χ3v) is 2.40. The van der Waals surface area contributed by atoms with E-state index in [1.54, 1.807) is 6.20 Å². The normalized spacial score (nSPS) is 10.4. The van der Waals surface area contributed by atoms with Crippen LogP contribution in [0, 0.1) is 0 Å². The van der Waals surface area contributed by atoms with Crippen LogP contribution in [0.4, 0.5) is 0 Å². The molecular formula is C10H10BrN3. The highest BCUT2D eigenvalue weighted by molar-refractivity contribution is 9.10. The zero-order valence-corrected chi connectivity index (χ0v) is 9.11. The molecule has 0 fully saturated rings. The molecule has 0 amide bonds. The van der Waals surface area contributed by atoms with Crippen molar-refractivity contribution in [1.82, 2.24) is 9.78 Å². The topological polar surface area (TPSA) is 43.8 Å². The van der Waals surface area contributed by atoms with Crippen molar-refractivity contribution in [3.8, 4) is 5.69 Å². The Morgan fingerprint density at radius 1 is 1.29 bits per heavy atom. The molecule has 0 aliphatic carbocycles. The second kappa shape index (κ2) is 3.94. The summed E-state index contributed by atoms with van der Waals surface area (Å²) in [5, 5.41) is 4.18. The molecular weight excluding hydrogens is 242 g/mol. The summed E-state index contributed by atoms with van der Waals surface area (Å²) in [6, 6.07) is 8.01. The molecule has 0 saturated carbocycles. The van der Waals surface area contributed by atoms with Gasteiger partial charge in [0, 0.05) is 12.7 Å². The van der Waals surface area contributed by atoms with Gasteiger partial charge in [0.25, 0.3) is 0 Å². The standard InChI is InChI=1S/C10H10BrN3/c11-9-6-13-14(7-9)10-3-1-8(5-12)2-4-10/h1-4,6-7H,5,12H2. The molecule has 2 N–H and O–H groups in total. The molecule has 1 aromatic carbocycles. The minimum absolute atomic E-state index is 0.573. The van der Waals surface area contributed by atoms with Gasteiger partial charge in [-0.25, -0.2) is 4.68 Å². The second-order valence-electron chi connectivity index (χ2n) is 2.97. The van der Waals surface area contributed by atoms with Crippen molar-refractivity contribution >= 4 is 15.9 Å². The van der Waals surface area contributed by atoms with E-state index in [1.807, 2.05) is 35.1 Å². The monoisotopic (exact) mass is 251 g/mol. The molecule has 0 spiro atoms. The summed E-state index contributed by atoms with van der Waals surface area (Å²) in [6.07, 6.45) is 3.67. The first-order valence-electron chi connectivity index (χ1n) is 4.29. The van der Waals surface area contributed by atoms with Crippen LogP contribution in [-0.2, 0) is 6.54 Å². The molecule has 2 aromatic rings. The summed E-state index contributed by atoms with van der Waals surface area (Å²) in [5.41, 5.74) is 7.67. The predicted octanol–water partition coefficient (Wildman–Crippen LogP) is 2.09. The summed E-state index contributed by atoms with van der Waals surface area (Å²) in [4.78, 5) is 0. The van der Waals surface area contributed by atoms with E-state index in [2.05, 4.69) is 21.0 Å². The van der Waals surface area contributed by atoms with Gasteiger partial charge >= 0.3 is 0 Å². The van der Waals surface area contributed by atoms with E-state index in [1.165, 1.54) is 0 Å². The number of rotatable bonds is 2. The van der Waals surface area contributed by atoms with Crippen molar-refractivity contribution in [3.63, 3.8) is 0 Å². The lowest BCUT2D eigenvalue weighted by Gasteiger charge is -2.01. The van der Waals surface area contributed by atoms with Crippen LogP contribution < -0.4 is 5.73 Å². The average Bonchev–Trinajstić information content (AvgIpc) is 2.65. The summed E-state index contributed by atoms with van der Waals surface area (Å²) in [6.45, 7) is 0.573. The molecule has 0 radical (unpaired) electrons. The number of aromatic nitrogens is 2. The number of nitrogens with zero attached hydrogens (tertiary/aromatic N) is 2. The highest BCUT2D eigenvalue weighted by atomic mass is 79.9. The maximum Gasteiger partial charge on any atom is 0.0646 e. The molecule has 1 heterocycles. The smallest absolute Gasteiger partial charge is 0.0646 e. The van der Waals surface area contributed by atoms with Crippen molar-refractivity contribution in [1.29, 1.82) is 0 Å². The zero-order chi connectivity index (χ0) is 9.97. The summed E-state index contributed by atoms with van der Waals surface area (Å²) in [5.74, 6) is 0. The molecule has 0 aliphatic heterocycles. The van der Waals surface area contributed by atoms with Gasteiger partial charge in [0.05, 0.1) is 16.4 Å². The number of halogens is 1. The molecule has 3 nitrogen and oxygen atoms in total. The Kier molecular flexibility index (Phi) is 2.65. The Balaban J connectivity index is 2.33. The van der Waals surface area contributed by atoms with Crippen molar-refractivity contribution in [2.24, 2.45) is 5.73 Å². The maximum absolute atomic E-state index is 5.51. The van der Waals surface area contributed by atoms with Crippen LogP contribution in [0.2, 0.25) is 0 Å².